The van der Waals surface area contributed by atoms with Gasteiger partial charge in [0, 0.05) is 17.1 Å². The van der Waals surface area contributed by atoms with Crippen molar-refractivity contribution in [1.29, 1.82) is 0 Å². The van der Waals surface area contributed by atoms with Gasteiger partial charge in [0.15, 0.2) is 0 Å². The average Bonchev–Trinajstić information content (AvgIpc) is 3.11. The van der Waals surface area contributed by atoms with E-state index in [1.54, 1.807) is 0 Å². The molecule has 0 aliphatic heterocycles. The van der Waals surface area contributed by atoms with Crippen LogP contribution in [0.1, 0.15) is 5.56 Å². The first kappa shape index (κ1) is 26.8. The molecular weight excluding hydrogens is 542 g/mol. The highest BCUT2D eigenvalue weighted by atomic mass is 14.7. The van der Waals surface area contributed by atoms with E-state index in [1.165, 1.54) is 71.6 Å². The molecule has 45 heavy (non-hydrogen) atoms. The molecule has 0 spiro atoms. The van der Waals surface area contributed by atoms with Crippen molar-refractivity contribution < 1.29 is 0 Å². The molecule has 0 aliphatic carbocycles. The molecule has 0 aliphatic rings. The predicted octanol–water partition coefficient (Wildman–Crippen LogP) is 12.0. The minimum Gasteiger partial charge on any atom is -0.256 e. The third-order valence-electron chi connectivity index (χ3n) is 8.81. The van der Waals surface area contributed by atoms with Gasteiger partial charge in [-0.05, 0) is 85.3 Å². The summed E-state index contributed by atoms with van der Waals surface area (Å²) in [4.78, 5) is 5.07. The van der Waals surface area contributed by atoms with Gasteiger partial charge in [-0.3, -0.25) is 4.98 Å². The van der Waals surface area contributed by atoms with Crippen molar-refractivity contribution in [3.05, 3.63) is 176 Å². The van der Waals surface area contributed by atoms with Gasteiger partial charge >= 0.3 is 0 Å². The van der Waals surface area contributed by atoms with Crippen molar-refractivity contribution in [3.8, 4) is 55.8 Å². The van der Waals surface area contributed by atoms with Gasteiger partial charge in [-0.15, -0.1) is 0 Å². The van der Waals surface area contributed by atoms with Crippen molar-refractivity contribution in [2.75, 3.05) is 0 Å². The third kappa shape index (κ3) is 4.61. The molecule has 0 bridgehead atoms. The molecule has 0 saturated carbocycles. The van der Waals surface area contributed by atoms with Crippen molar-refractivity contribution in [1.82, 2.24) is 4.98 Å². The van der Waals surface area contributed by atoms with Crippen LogP contribution in [0.25, 0.3) is 77.3 Å². The topological polar surface area (TPSA) is 12.9 Å². The largest absolute Gasteiger partial charge is 0.256 e. The lowest BCUT2D eigenvalue weighted by Gasteiger charge is -2.26. The maximum absolute atomic E-state index is 5.07. The first-order valence-corrected chi connectivity index (χ1v) is 15.5. The third-order valence-corrected chi connectivity index (χ3v) is 8.81. The molecule has 1 heterocycles. The van der Waals surface area contributed by atoms with E-state index in [1.807, 2.05) is 12.3 Å². The van der Waals surface area contributed by atoms with Crippen LogP contribution in [0.5, 0.6) is 0 Å². The van der Waals surface area contributed by atoms with Gasteiger partial charge in [0.1, 0.15) is 0 Å². The Kier molecular flexibility index (Phi) is 6.77. The molecule has 7 aromatic carbocycles. The number of nitrogens with zero attached hydrogens (tertiary/aromatic N) is 1. The Bertz CT molecular complexity index is 2290. The highest BCUT2D eigenvalue weighted by molar-refractivity contribution is 6.26. The molecule has 8 aromatic rings. The van der Waals surface area contributed by atoms with E-state index in [9.17, 15) is 0 Å². The molecule has 0 unspecified atom stereocenters. The second-order valence-electron chi connectivity index (χ2n) is 11.5. The molecule has 0 saturated heterocycles. The fourth-order valence-electron chi connectivity index (χ4n) is 6.89. The van der Waals surface area contributed by atoms with Crippen LogP contribution >= 0.6 is 0 Å². The molecular formula is C44H31N. The van der Waals surface area contributed by atoms with E-state index in [0.717, 1.165) is 11.3 Å². The van der Waals surface area contributed by atoms with E-state index < -0.39 is 0 Å². The molecule has 0 atom stereocenters. The van der Waals surface area contributed by atoms with E-state index >= 15 is 0 Å². The zero-order valence-corrected chi connectivity index (χ0v) is 25.1. The predicted molar refractivity (Wildman–Crippen MR) is 191 cm³/mol. The lowest BCUT2D eigenvalue weighted by molar-refractivity contribution is 1.28. The summed E-state index contributed by atoms with van der Waals surface area (Å²) in [5.41, 5.74) is 13.0. The summed E-state index contributed by atoms with van der Waals surface area (Å²) in [5, 5.41) is 4.85. The second kappa shape index (κ2) is 11.4. The summed E-state index contributed by atoms with van der Waals surface area (Å²) in [6.45, 7) is 2.17. The zero-order chi connectivity index (χ0) is 30.2. The molecule has 8 rings (SSSR count). The Balaban J connectivity index is 1.75. The number of rotatable bonds is 5. The summed E-state index contributed by atoms with van der Waals surface area (Å²) in [6.07, 6.45) is 1.92. The minimum atomic E-state index is 1.02. The van der Waals surface area contributed by atoms with Gasteiger partial charge in [0.25, 0.3) is 0 Å². The van der Waals surface area contributed by atoms with Gasteiger partial charge in [-0.25, -0.2) is 0 Å². The van der Waals surface area contributed by atoms with Crippen LogP contribution in [0.3, 0.4) is 0 Å². The first-order valence-electron chi connectivity index (χ1n) is 15.5. The Labute approximate surface area is 264 Å². The van der Waals surface area contributed by atoms with Crippen molar-refractivity contribution in [3.63, 3.8) is 0 Å². The Morgan fingerprint density at radius 1 is 0.378 bits per heavy atom. The highest BCUT2D eigenvalue weighted by Crippen LogP contribution is 2.54. The summed E-state index contributed by atoms with van der Waals surface area (Å²) in [5.74, 6) is 0. The maximum atomic E-state index is 5.07. The van der Waals surface area contributed by atoms with Gasteiger partial charge < -0.3 is 0 Å². The van der Waals surface area contributed by atoms with Gasteiger partial charge in [0.05, 0.1) is 5.69 Å². The van der Waals surface area contributed by atoms with Gasteiger partial charge in [-0.1, -0.05) is 152 Å². The van der Waals surface area contributed by atoms with Gasteiger partial charge in [0.2, 0.25) is 0 Å². The smallest absolute Gasteiger partial charge is 0.0743 e. The molecule has 1 nitrogen and oxygen atoms in total. The number of fused-ring (bicyclic) bond motifs is 2. The van der Waals surface area contributed by atoms with Crippen LogP contribution in [0.2, 0.25) is 0 Å². The first-order chi connectivity index (χ1) is 22.3. The van der Waals surface area contributed by atoms with Crippen LogP contribution in [-0.2, 0) is 0 Å². The molecule has 212 valence electrons. The van der Waals surface area contributed by atoms with Crippen LogP contribution < -0.4 is 0 Å². The molecule has 1 heteroatoms. The number of aromatic nitrogens is 1. The highest BCUT2D eigenvalue weighted by Gasteiger charge is 2.27. The summed E-state index contributed by atoms with van der Waals surface area (Å²) >= 11 is 0. The number of hydrogen-bond acceptors (Lipinski definition) is 1. The molecule has 0 amide bonds. The van der Waals surface area contributed by atoms with E-state index in [2.05, 4.69) is 165 Å². The van der Waals surface area contributed by atoms with E-state index in [4.69, 9.17) is 4.98 Å². The fourth-order valence-corrected chi connectivity index (χ4v) is 6.89. The zero-order valence-electron chi connectivity index (χ0n) is 25.1. The fraction of sp³-hybridized carbons (Fsp3) is 0.0227. The van der Waals surface area contributed by atoms with Crippen molar-refractivity contribution in [2.45, 2.75) is 6.92 Å². The second-order valence-corrected chi connectivity index (χ2v) is 11.5. The standard InChI is InChI=1S/C44H31N/c1-30-17-16-28-45-44(30)43-36-27-15-14-26-35(36)29-37-38(31-18-6-2-7-19-31)39(32-20-8-3-9-21-32)40(33-22-10-4-11-23-33)41(42(37)43)34-24-12-5-13-25-34/h2-29H,1H3. The summed E-state index contributed by atoms with van der Waals surface area (Å²) < 4.78 is 0. The summed E-state index contributed by atoms with van der Waals surface area (Å²) in [7, 11) is 0. The Morgan fingerprint density at radius 2 is 0.844 bits per heavy atom. The Morgan fingerprint density at radius 3 is 1.40 bits per heavy atom. The number of hydrogen-bond donors (Lipinski definition) is 0. The van der Waals surface area contributed by atoms with Crippen LogP contribution in [0, 0.1) is 6.92 Å². The Hall–Kier alpha value is -5.79. The van der Waals surface area contributed by atoms with E-state index in [-0.39, 0.29) is 0 Å². The summed E-state index contributed by atoms with van der Waals surface area (Å²) in [6, 6.07) is 59.0. The lowest BCUT2D eigenvalue weighted by Crippen LogP contribution is -2.00. The van der Waals surface area contributed by atoms with E-state index in [0.29, 0.717) is 0 Å². The van der Waals surface area contributed by atoms with Crippen LogP contribution in [0.15, 0.2) is 170 Å². The monoisotopic (exact) mass is 573 g/mol. The number of pyridine rings is 1. The molecule has 0 fully saturated rings. The normalized spacial score (nSPS) is 11.2. The van der Waals surface area contributed by atoms with Crippen molar-refractivity contribution >= 4 is 21.5 Å². The quantitative estimate of drug-likeness (QED) is 0.187. The molecule has 0 N–H and O–H groups in total. The minimum absolute atomic E-state index is 1.02. The molecule has 1 aromatic heterocycles. The molecule has 0 radical (unpaired) electrons. The SMILES string of the molecule is Cc1cccnc1-c1c2ccccc2cc2c(-c3ccccc3)c(-c3ccccc3)c(-c3ccccc3)c(-c3ccccc3)c12. The average molecular weight is 574 g/mol. The maximum Gasteiger partial charge on any atom is 0.0743 e. The number of aryl methyl sites for hydroxylation is 1. The number of benzene rings is 7. The van der Waals surface area contributed by atoms with Crippen molar-refractivity contribution in [2.24, 2.45) is 0 Å². The van der Waals surface area contributed by atoms with Crippen LogP contribution in [-0.4, -0.2) is 4.98 Å². The lowest BCUT2D eigenvalue weighted by atomic mass is 9.76. The van der Waals surface area contributed by atoms with Gasteiger partial charge in [-0.2, -0.15) is 0 Å². The van der Waals surface area contributed by atoms with Crippen LogP contribution in [0.4, 0.5) is 0 Å².